The minimum absolute atomic E-state index is 0.100. The third-order valence-corrected chi connectivity index (χ3v) is 4.83. The molecule has 0 aliphatic rings. The highest BCUT2D eigenvalue weighted by atomic mass is 32.1. The van der Waals surface area contributed by atoms with Gasteiger partial charge in [0, 0.05) is 36.7 Å². The molecule has 0 aliphatic carbocycles. The first-order valence-corrected chi connectivity index (χ1v) is 8.80. The number of aromatic nitrogens is 5. The minimum Gasteiger partial charge on any atom is -0.477 e. The zero-order valence-electron chi connectivity index (χ0n) is 14.0. The number of carboxylic acids is 1. The molecule has 2 N–H and O–H groups in total. The van der Waals surface area contributed by atoms with Crippen molar-refractivity contribution in [1.29, 1.82) is 0 Å². The standard InChI is InChI=1S/C17H16N6O2S/c1-22(10-12-5-14(21-20-12)15-3-2-4-26-15)8-11-6-18-16-13(17(24)25)7-19-23(16)9-11/h2-7,9H,8,10H2,1H3,(H,20,21)(H,24,25). The van der Waals surface area contributed by atoms with Crippen molar-refractivity contribution in [2.45, 2.75) is 13.1 Å². The third kappa shape index (κ3) is 3.22. The van der Waals surface area contributed by atoms with E-state index in [-0.39, 0.29) is 5.56 Å². The van der Waals surface area contributed by atoms with Crippen LogP contribution in [0.5, 0.6) is 0 Å². The highest BCUT2D eigenvalue weighted by molar-refractivity contribution is 7.13. The van der Waals surface area contributed by atoms with Crippen molar-refractivity contribution in [1.82, 2.24) is 29.7 Å². The largest absolute Gasteiger partial charge is 0.477 e. The summed E-state index contributed by atoms with van der Waals surface area (Å²) < 4.78 is 1.50. The van der Waals surface area contributed by atoms with Gasteiger partial charge in [-0.2, -0.15) is 10.2 Å². The summed E-state index contributed by atoms with van der Waals surface area (Å²) in [5.74, 6) is -1.03. The Kier molecular flexibility index (Phi) is 4.23. The molecule has 0 saturated heterocycles. The van der Waals surface area contributed by atoms with Gasteiger partial charge in [-0.25, -0.2) is 14.3 Å². The monoisotopic (exact) mass is 368 g/mol. The number of H-pyrrole nitrogens is 1. The summed E-state index contributed by atoms with van der Waals surface area (Å²) in [6.45, 7) is 1.36. The number of nitrogens with one attached hydrogen (secondary N) is 1. The van der Waals surface area contributed by atoms with Crippen LogP contribution >= 0.6 is 11.3 Å². The van der Waals surface area contributed by atoms with Crippen molar-refractivity contribution < 1.29 is 9.90 Å². The number of rotatable bonds is 6. The van der Waals surface area contributed by atoms with Crippen LogP contribution in [0.2, 0.25) is 0 Å². The number of carboxylic acid groups (broad SMARTS) is 1. The van der Waals surface area contributed by atoms with Gasteiger partial charge in [-0.1, -0.05) is 6.07 Å². The molecular weight excluding hydrogens is 352 g/mol. The second-order valence-corrected chi connectivity index (χ2v) is 6.97. The van der Waals surface area contributed by atoms with E-state index < -0.39 is 5.97 Å². The van der Waals surface area contributed by atoms with Crippen LogP contribution < -0.4 is 0 Å². The number of hydrogen-bond acceptors (Lipinski definition) is 6. The van der Waals surface area contributed by atoms with E-state index in [0.29, 0.717) is 18.7 Å². The number of aromatic carboxylic acids is 1. The number of hydrogen-bond donors (Lipinski definition) is 2. The van der Waals surface area contributed by atoms with E-state index in [0.717, 1.165) is 21.8 Å². The van der Waals surface area contributed by atoms with Crippen molar-refractivity contribution in [3.63, 3.8) is 0 Å². The van der Waals surface area contributed by atoms with Crippen molar-refractivity contribution in [3.05, 3.63) is 59.0 Å². The lowest BCUT2D eigenvalue weighted by molar-refractivity contribution is 0.0698. The molecule has 0 amide bonds. The van der Waals surface area contributed by atoms with Crippen LogP contribution in [-0.4, -0.2) is 47.8 Å². The van der Waals surface area contributed by atoms with E-state index in [4.69, 9.17) is 5.11 Å². The predicted molar refractivity (Wildman–Crippen MR) is 97.0 cm³/mol. The van der Waals surface area contributed by atoms with Gasteiger partial charge in [-0.05, 0) is 24.6 Å². The average molecular weight is 368 g/mol. The molecule has 0 fully saturated rings. The molecule has 0 aliphatic heterocycles. The van der Waals surface area contributed by atoms with E-state index >= 15 is 0 Å². The molecule has 0 radical (unpaired) electrons. The molecule has 26 heavy (non-hydrogen) atoms. The predicted octanol–water partition coefficient (Wildman–Crippen LogP) is 2.51. The highest BCUT2D eigenvalue weighted by Crippen LogP contribution is 2.23. The Morgan fingerprint density at radius 1 is 1.38 bits per heavy atom. The van der Waals surface area contributed by atoms with Gasteiger partial charge in [0.1, 0.15) is 11.3 Å². The Morgan fingerprint density at radius 3 is 3.04 bits per heavy atom. The first-order valence-electron chi connectivity index (χ1n) is 7.92. The quantitative estimate of drug-likeness (QED) is 0.542. The molecule has 4 heterocycles. The SMILES string of the molecule is CN(Cc1cnc2c(C(=O)O)cnn2c1)Cc1cc(-c2cccs2)n[nH]1. The van der Waals surface area contributed by atoms with E-state index in [1.807, 2.05) is 24.6 Å². The van der Waals surface area contributed by atoms with Gasteiger partial charge in [0.2, 0.25) is 0 Å². The summed E-state index contributed by atoms with van der Waals surface area (Å²) in [5.41, 5.74) is 3.36. The molecule has 0 saturated carbocycles. The molecule has 0 atom stereocenters. The van der Waals surface area contributed by atoms with Crippen LogP contribution in [0.25, 0.3) is 16.2 Å². The summed E-state index contributed by atoms with van der Waals surface area (Å²) in [6, 6.07) is 6.11. The van der Waals surface area contributed by atoms with Gasteiger partial charge in [0.15, 0.2) is 5.65 Å². The molecule has 0 unspecified atom stereocenters. The number of nitrogens with zero attached hydrogens (tertiary/aromatic N) is 5. The Morgan fingerprint density at radius 2 is 2.27 bits per heavy atom. The molecule has 9 heteroatoms. The fraction of sp³-hybridized carbons (Fsp3) is 0.176. The van der Waals surface area contributed by atoms with Gasteiger partial charge in [0.25, 0.3) is 0 Å². The number of carbonyl (C=O) groups is 1. The maximum atomic E-state index is 11.1. The first-order chi connectivity index (χ1) is 12.6. The summed E-state index contributed by atoms with van der Waals surface area (Å²) in [6.07, 6.45) is 4.80. The number of aromatic amines is 1. The lowest BCUT2D eigenvalue weighted by Gasteiger charge is -2.15. The summed E-state index contributed by atoms with van der Waals surface area (Å²) in [4.78, 5) is 18.6. The van der Waals surface area contributed by atoms with Crippen molar-refractivity contribution >= 4 is 23.0 Å². The summed E-state index contributed by atoms with van der Waals surface area (Å²) in [7, 11) is 2.00. The second-order valence-electron chi connectivity index (χ2n) is 6.02. The van der Waals surface area contributed by atoms with Gasteiger partial charge < -0.3 is 5.11 Å². The van der Waals surface area contributed by atoms with Gasteiger partial charge in [-0.3, -0.25) is 10.00 Å². The third-order valence-electron chi connectivity index (χ3n) is 3.94. The molecule has 0 bridgehead atoms. The summed E-state index contributed by atoms with van der Waals surface area (Å²) >= 11 is 1.66. The topological polar surface area (TPSA) is 99.4 Å². The maximum Gasteiger partial charge on any atom is 0.341 e. The molecule has 4 rings (SSSR count). The highest BCUT2D eigenvalue weighted by Gasteiger charge is 2.13. The van der Waals surface area contributed by atoms with Crippen molar-refractivity contribution in [3.8, 4) is 10.6 Å². The second kappa shape index (κ2) is 6.70. The Balaban J connectivity index is 1.45. The van der Waals surface area contributed by atoms with Crippen LogP contribution in [-0.2, 0) is 13.1 Å². The maximum absolute atomic E-state index is 11.1. The van der Waals surface area contributed by atoms with Gasteiger partial charge in [-0.15, -0.1) is 11.3 Å². The lowest BCUT2D eigenvalue weighted by Crippen LogP contribution is -2.18. The van der Waals surface area contributed by atoms with Gasteiger partial charge >= 0.3 is 5.97 Å². The normalized spacial score (nSPS) is 11.5. The lowest BCUT2D eigenvalue weighted by atomic mass is 10.2. The van der Waals surface area contributed by atoms with Crippen LogP contribution in [0.15, 0.2) is 42.2 Å². The molecule has 0 spiro atoms. The minimum atomic E-state index is -1.03. The van der Waals surface area contributed by atoms with Gasteiger partial charge in [0.05, 0.1) is 11.1 Å². The van der Waals surface area contributed by atoms with Crippen LogP contribution in [0.3, 0.4) is 0 Å². The van der Waals surface area contributed by atoms with E-state index in [9.17, 15) is 4.79 Å². The van der Waals surface area contributed by atoms with E-state index in [1.165, 1.54) is 10.7 Å². The van der Waals surface area contributed by atoms with Crippen LogP contribution in [0, 0.1) is 0 Å². The van der Waals surface area contributed by atoms with Crippen LogP contribution in [0.4, 0.5) is 0 Å². The zero-order chi connectivity index (χ0) is 18.1. The van der Waals surface area contributed by atoms with Crippen LogP contribution in [0.1, 0.15) is 21.6 Å². The van der Waals surface area contributed by atoms with Crippen molar-refractivity contribution in [2.75, 3.05) is 7.05 Å². The van der Waals surface area contributed by atoms with Crippen molar-refractivity contribution in [2.24, 2.45) is 0 Å². The fourth-order valence-electron chi connectivity index (χ4n) is 2.80. The molecular formula is C17H16N6O2S. The average Bonchev–Trinajstić information content (AvgIpc) is 3.34. The molecule has 0 aromatic carbocycles. The van der Waals surface area contributed by atoms with E-state index in [1.54, 1.807) is 23.7 Å². The molecule has 4 aromatic rings. The summed E-state index contributed by atoms with van der Waals surface area (Å²) in [5, 5.41) is 22.6. The number of fused-ring (bicyclic) bond motifs is 1. The Labute approximate surface area is 152 Å². The molecule has 132 valence electrons. The molecule has 4 aromatic heterocycles. The Hall–Kier alpha value is -3.04. The number of thiophene rings is 1. The first kappa shape index (κ1) is 16.4. The smallest absolute Gasteiger partial charge is 0.341 e. The Bertz CT molecular complexity index is 1050. The van der Waals surface area contributed by atoms with E-state index in [2.05, 4.69) is 31.2 Å². The fourth-order valence-corrected chi connectivity index (χ4v) is 3.48. The zero-order valence-corrected chi connectivity index (χ0v) is 14.8. The molecule has 8 nitrogen and oxygen atoms in total.